The molecule has 9 heteroatoms. The summed E-state index contributed by atoms with van der Waals surface area (Å²) in [7, 11) is 0. The van der Waals surface area contributed by atoms with Crippen LogP contribution in [0.4, 0.5) is 15.8 Å². The third-order valence-corrected chi connectivity index (χ3v) is 4.75. The lowest BCUT2D eigenvalue weighted by molar-refractivity contribution is -0.385. The molecule has 31 heavy (non-hydrogen) atoms. The zero-order chi connectivity index (χ0) is 22.1. The number of aromatic nitrogens is 2. The number of hydrogen-bond acceptors (Lipinski definition) is 5. The molecule has 0 saturated carbocycles. The van der Waals surface area contributed by atoms with Gasteiger partial charge in [-0.15, -0.1) is 0 Å². The molecule has 1 heterocycles. The number of halogens is 1. The van der Waals surface area contributed by atoms with Crippen molar-refractivity contribution in [3.8, 4) is 5.69 Å². The van der Waals surface area contributed by atoms with E-state index < -0.39 is 22.3 Å². The van der Waals surface area contributed by atoms with Gasteiger partial charge in [-0.3, -0.25) is 24.3 Å². The summed E-state index contributed by atoms with van der Waals surface area (Å²) < 4.78 is 15.7. The van der Waals surface area contributed by atoms with Crippen molar-refractivity contribution in [3.63, 3.8) is 0 Å². The van der Waals surface area contributed by atoms with Crippen LogP contribution in [0.15, 0.2) is 71.5 Å². The normalized spacial score (nSPS) is 10.8. The number of carbonyl (C=O) groups is 1. The van der Waals surface area contributed by atoms with Crippen LogP contribution in [0.25, 0.3) is 16.6 Å². The molecule has 8 nitrogen and oxygen atoms in total. The quantitative estimate of drug-likeness (QED) is 0.398. The summed E-state index contributed by atoms with van der Waals surface area (Å²) in [6.45, 7) is 1.64. The van der Waals surface area contributed by atoms with Crippen molar-refractivity contribution < 1.29 is 14.1 Å². The highest BCUT2D eigenvalue weighted by Crippen LogP contribution is 2.23. The van der Waals surface area contributed by atoms with E-state index in [1.807, 2.05) is 0 Å². The van der Waals surface area contributed by atoms with Crippen LogP contribution >= 0.6 is 0 Å². The number of fused-ring (bicyclic) bond motifs is 1. The molecule has 4 aromatic rings. The molecule has 154 valence electrons. The number of nitrogens with one attached hydrogen (secondary N) is 1. The number of nitro benzene ring substituents is 1. The van der Waals surface area contributed by atoms with Gasteiger partial charge in [0.1, 0.15) is 17.2 Å². The highest BCUT2D eigenvalue weighted by atomic mass is 19.1. The number of amides is 1. The van der Waals surface area contributed by atoms with E-state index in [-0.39, 0.29) is 16.8 Å². The van der Waals surface area contributed by atoms with E-state index >= 15 is 0 Å². The van der Waals surface area contributed by atoms with Gasteiger partial charge in [0.25, 0.3) is 17.2 Å². The second-order valence-electron chi connectivity index (χ2n) is 6.71. The van der Waals surface area contributed by atoms with Gasteiger partial charge in [-0.1, -0.05) is 24.3 Å². The van der Waals surface area contributed by atoms with E-state index in [4.69, 9.17) is 0 Å². The first-order chi connectivity index (χ1) is 14.9. The van der Waals surface area contributed by atoms with Crippen LogP contribution in [0.2, 0.25) is 0 Å². The van der Waals surface area contributed by atoms with Crippen LogP contribution in [0.3, 0.4) is 0 Å². The molecule has 0 aliphatic carbocycles. The summed E-state index contributed by atoms with van der Waals surface area (Å²) in [5.74, 6) is -1.22. The van der Waals surface area contributed by atoms with Gasteiger partial charge < -0.3 is 5.32 Å². The van der Waals surface area contributed by atoms with Gasteiger partial charge >= 0.3 is 0 Å². The highest BCUT2D eigenvalue weighted by Gasteiger charge is 2.21. The number of aryl methyl sites for hydroxylation is 1. The first-order valence-electron chi connectivity index (χ1n) is 9.20. The maximum absolute atomic E-state index is 14.4. The Kier molecular flexibility index (Phi) is 5.00. The van der Waals surface area contributed by atoms with Crippen molar-refractivity contribution in [1.29, 1.82) is 0 Å². The molecule has 1 aromatic heterocycles. The first-order valence-corrected chi connectivity index (χ1v) is 9.20. The molecule has 0 bridgehead atoms. The van der Waals surface area contributed by atoms with Crippen molar-refractivity contribution >= 4 is 28.2 Å². The van der Waals surface area contributed by atoms with Crippen LogP contribution in [-0.4, -0.2) is 20.4 Å². The third-order valence-electron chi connectivity index (χ3n) is 4.75. The molecule has 0 radical (unpaired) electrons. The van der Waals surface area contributed by atoms with Crippen LogP contribution in [0.1, 0.15) is 16.2 Å². The van der Waals surface area contributed by atoms with Crippen molar-refractivity contribution in [3.05, 3.63) is 104 Å². The van der Waals surface area contributed by atoms with Crippen molar-refractivity contribution in [2.45, 2.75) is 6.92 Å². The number of nitrogens with zero attached hydrogens (tertiary/aromatic N) is 3. The highest BCUT2D eigenvalue weighted by molar-refractivity contribution is 6.07. The Morgan fingerprint density at radius 3 is 2.58 bits per heavy atom. The number of nitro groups is 1. The fourth-order valence-electron chi connectivity index (χ4n) is 3.31. The molecule has 0 spiro atoms. The van der Waals surface area contributed by atoms with E-state index in [1.165, 1.54) is 41.0 Å². The Balaban J connectivity index is 1.77. The largest absolute Gasteiger partial charge is 0.319 e. The number of hydrogen-bond donors (Lipinski definition) is 1. The minimum Gasteiger partial charge on any atom is -0.319 e. The summed E-state index contributed by atoms with van der Waals surface area (Å²) in [5, 5.41) is 13.9. The number of para-hydroxylation sites is 2. The van der Waals surface area contributed by atoms with E-state index in [0.717, 1.165) is 6.07 Å². The SMILES string of the molecule is Cc1nc2ccccc2c(=O)n1-c1ccc(F)c(NC(=O)c2ccccc2[N+](=O)[O-])c1. The maximum Gasteiger partial charge on any atom is 0.282 e. The molecule has 3 aromatic carbocycles. The lowest BCUT2D eigenvalue weighted by Crippen LogP contribution is -2.22. The second-order valence-corrected chi connectivity index (χ2v) is 6.71. The number of benzene rings is 3. The molecule has 0 aliphatic rings. The predicted molar refractivity (Wildman–Crippen MR) is 113 cm³/mol. The van der Waals surface area contributed by atoms with Crippen LogP contribution in [-0.2, 0) is 0 Å². The molecule has 4 rings (SSSR count). The third kappa shape index (κ3) is 3.64. The minimum absolute atomic E-state index is 0.210. The summed E-state index contributed by atoms with van der Waals surface area (Å²) in [5.41, 5.74) is -0.348. The molecular formula is C22H15FN4O4. The molecule has 0 fully saturated rings. The van der Waals surface area contributed by atoms with Crippen LogP contribution in [0.5, 0.6) is 0 Å². The number of carbonyl (C=O) groups excluding carboxylic acids is 1. The Morgan fingerprint density at radius 1 is 1.10 bits per heavy atom. The topological polar surface area (TPSA) is 107 Å². The van der Waals surface area contributed by atoms with Crippen LogP contribution in [0, 0.1) is 22.9 Å². The van der Waals surface area contributed by atoms with Gasteiger partial charge in [0.2, 0.25) is 0 Å². The summed E-state index contributed by atoms with van der Waals surface area (Å²) >= 11 is 0. The Morgan fingerprint density at radius 2 is 1.81 bits per heavy atom. The molecule has 1 N–H and O–H groups in total. The second kappa shape index (κ2) is 7.79. The molecule has 0 saturated heterocycles. The van der Waals surface area contributed by atoms with E-state index in [1.54, 1.807) is 31.2 Å². The maximum atomic E-state index is 14.4. The average molecular weight is 418 g/mol. The van der Waals surface area contributed by atoms with Gasteiger partial charge in [-0.25, -0.2) is 9.37 Å². The lowest BCUT2D eigenvalue weighted by Gasteiger charge is -2.13. The number of rotatable bonds is 4. The zero-order valence-corrected chi connectivity index (χ0v) is 16.2. The Bertz CT molecular complexity index is 1410. The molecule has 1 amide bonds. The Labute approximate surface area is 174 Å². The monoisotopic (exact) mass is 418 g/mol. The van der Waals surface area contributed by atoms with E-state index in [0.29, 0.717) is 22.4 Å². The summed E-state index contributed by atoms with van der Waals surface area (Å²) in [6, 6.07) is 16.0. The molecule has 0 unspecified atom stereocenters. The molecular weight excluding hydrogens is 403 g/mol. The zero-order valence-electron chi connectivity index (χ0n) is 16.2. The first kappa shape index (κ1) is 19.9. The smallest absolute Gasteiger partial charge is 0.282 e. The summed E-state index contributed by atoms with van der Waals surface area (Å²) in [6.07, 6.45) is 0. The molecule has 0 atom stereocenters. The van der Waals surface area contributed by atoms with Gasteiger partial charge in [0.05, 0.1) is 27.2 Å². The minimum atomic E-state index is -0.843. The fraction of sp³-hybridized carbons (Fsp3) is 0.0455. The van der Waals surface area contributed by atoms with Gasteiger partial charge in [-0.05, 0) is 43.3 Å². The van der Waals surface area contributed by atoms with Gasteiger partial charge in [-0.2, -0.15) is 0 Å². The standard InChI is InChI=1S/C22H15FN4O4/c1-13-24-18-8-4-2-6-15(18)22(29)26(13)14-10-11-17(23)19(12-14)25-21(28)16-7-3-5-9-20(16)27(30)31/h2-12H,1H3,(H,25,28). The van der Waals surface area contributed by atoms with E-state index in [2.05, 4.69) is 10.3 Å². The molecule has 0 aliphatic heterocycles. The van der Waals surface area contributed by atoms with Crippen LogP contribution < -0.4 is 10.9 Å². The Hall–Kier alpha value is -4.40. The van der Waals surface area contributed by atoms with Gasteiger partial charge in [0.15, 0.2) is 0 Å². The fourth-order valence-corrected chi connectivity index (χ4v) is 3.31. The summed E-state index contributed by atoms with van der Waals surface area (Å²) in [4.78, 5) is 40.5. The van der Waals surface area contributed by atoms with Crippen molar-refractivity contribution in [2.24, 2.45) is 0 Å². The lowest BCUT2D eigenvalue weighted by atomic mass is 10.1. The van der Waals surface area contributed by atoms with Gasteiger partial charge in [0, 0.05) is 6.07 Å². The van der Waals surface area contributed by atoms with Crippen molar-refractivity contribution in [1.82, 2.24) is 9.55 Å². The average Bonchev–Trinajstić information content (AvgIpc) is 2.75. The predicted octanol–water partition coefficient (Wildman–Crippen LogP) is 3.99. The number of anilines is 1. The van der Waals surface area contributed by atoms with E-state index in [9.17, 15) is 24.1 Å². The van der Waals surface area contributed by atoms with Crippen molar-refractivity contribution in [2.75, 3.05) is 5.32 Å².